The summed E-state index contributed by atoms with van der Waals surface area (Å²) in [6.45, 7) is 3.45. The van der Waals surface area contributed by atoms with E-state index in [4.69, 9.17) is 23.7 Å². The van der Waals surface area contributed by atoms with E-state index in [1.807, 2.05) is 0 Å². The van der Waals surface area contributed by atoms with E-state index in [0.29, 0.717) is 13.1 Å². The monoisotopic (exact) mass is 483 g/mol. The normalized spacial score (nSPS) is 59.8. The third-order valence-corrected chi connectivity index (χ3v) is 11.3. The van der Waals surface area contributed by atoms with E-state index in [-0.39, 0.29) is 55.0 Å². The van der Waals surface area contributed by atoms with Crippen LogP contribution in [0.25, 0.3) is 0 Å². The summed E-state index contributed by atoms with van der Waals surface area (Å²) in [5.41, 5.74) is -2.71. The standard InChI is InChI=1S/C25H41NO8/c1-6-26-11-22(12-27)8-7-16(31-3)24-14-9-13-15(30-2)10-23(28,17(14)18(13)32-4)25(29,34-21(24)26)20(33-5)19(22)24/h13-21,27-29H,6-12H2,1-5H3/t13-,14-,15+,16+,17-,18+,19-,20+,21-,22+,23-,24+,25?/m1/s1. The second kappa shape index (κ2) is 7.58. The lowest BCUT2D eigenvalue weighted by atomic mass is 9.44. The largest absolute Gasteiger partial charge is 0.396 e. The van der Waals surface area contributed by atoms with Gasteiger partial charge in [0.2, 0.25) is 5.79 Å². The van der Waals surface area contributed by atoms with E-state index >= 15 is 0 Å². The van der Waals surface area contributed by atoms with Gasteiger partial charge in [-0.05, 0) is 31.7 Å². The molecule has 9 nitrogen and oxygen atoms in total. The molecule has 34 heavy (non-hydrogen) atoms. The Balaban J connectivity index is 1.68. The predicted octanol–water partition coefficient (Wildman–Crippen LogP) is 0.203. The van der Waals surface area contributed by atoms with Crippen LogP contribution in [-0.4, -0.2) is 110 Å². The zero-order chi connectivity index (χ0) is 24.3. The Morgan fingerprint density at radius 3 is 2.41 bits per heavy atom. The van der Waals surface area contributed by atoms with Gasteiger partial charge in [-0.3, -0.25) is 4.90 Å². The molecule has 3 N–H and O–H groups in total. The number of ether oxygens (including phenoxy) is 5. The predicted molar refractivity (Wildman–Crippen MR) is 120 cm³/mol. The van der Waals surface area contributed by atoms with Gasteiger partial charge in [-0.15, -0.1) is 0 Å². The van der Waals surface area contributed by atoms with Crippen LogP contribution >= 0.6 is 0 Å². The van der Waals surface area contributed by atoms with Crippen molar-refractivity contribution < 1.29 is 39.0 Å². The molecule has 7 aliphatic rings. The fourth-order valence-corrected chi connectivity index (χ4v) is 10.3. The van der Waals surface area contributed by atoms with Gasteiger partial charge in [-0.2, -0.15) is 0 Å². The summed E-state index contributed by atoms with van der Waals surface area (Å²) in [5.74, 6) is -2.54. The summed E-state index contributed by atoms with van der Waals surface area (Å²) in [7, 11) is 6.69. The smallest absolute Gasteiger partial charge is 0.224 e. The first-order valence-corrected chi connectivity index (χ1v) is 12.9. The molecule has 7 fully saturated rings. The minimum atomic E-state index is -1.98. The molecule has 13 atom stereocenters. The van der Waals surface area contributed by atoms with Crippen molar-refractivity contribution in [2.45, 2.75) is 74.6 Å². The third-order valence-electron chi connectivity index (χ3n) is 11.3. The molecule has 3 saturated heterocycles. The highest BCUT2D eigenvalue weighted by molar-refractivity contribution is 5.32. The van der Waals surface area contributed by atoms with E-state index in [1.165, 1.54) is 0 Å². The topological polar surface area (TPSA) is 110 Å². The molecule has 0 amide bonds. The Hall–Kier alpha value is -0.360. The number of hydrogen-bond acceptors (Lipinski definition) is 9. The summed E-state index contributed by atoms with van der Waals surface area (Å²) >= 11 is 0. The summed E-state index contributed by atoms with van der Waals surface area (Å²) in [6.07, 6.45) is 0.584. The van der Waals surface area contributed by atoms with E-state index in [1.54, 1.807) is 28.4 Å². The highest BCUT2D eigenvalue weighted by Crippen LogP contribution is 2.76. The molecule has 3 heterocycles. The molecular weight excluding hydrogens is 442 g/mol. The van der Waals surface area contributed by atoms with Gasteiger partial charge in [-0.1, -0.05) is 6.92 Å². The van der Waals surface area contributed by atoms with Gasteiger partial charge in [0, 0.05) is 70.0 Å². The molecule has 4 saturated carbocycles. The number of aliphatic hydroxyl groups is 3. The quantitative estimate of drug-likeness (QED) is 0.488. The van der Waals surface area contributed by atoms with Crippen molar-refractivity contribution in [3.63, 3.8) is 0 Å². The molecule has 7 rings (SSSR count). The number of methoxy groups -OCH3 is 4. The lowest BCUT2D eigenvalue weighted by Crippen LogP contribution is -2.83. The highest BCUT2D eigenvalue weighted by Gasteiger charge is 2.87. The first-order chi connectivity index (χ1) is 16.3. The van der Waals surface area contributed by atoms with Crippen LogP contribution in [0.4, 0.5) is 0 Å². The number of hydrogen-bond donors (Lipinski definition) is 3. The molecule has 7 bridgehead atoms. The fraction of sp³-hybridized carbons (Fsp3) is 1.00. The third kappa shape index (κ3) is 2.34. The van der Waals surface area contributed by atoms with Gasteiger partial charge in [0.25, 0.3) is 0 Å². The van der Waals surface area contributed by atoms with Crippen LogP contribution in [0.15, 0.2) is 0 Å². The maximum atomic E-state index is 12.6. The fourth-order valence-electron chi connectivity index (χ4n) is 10.3. The second-order valence-electron chi connectivity index (χ2n) is 11.8. The zero-order valence-electron chi connectivity index (χ0n) is 21.0. The molecule has 9 heteroatoms. The van der Waals surface area contributed by atoms with Crippen molar-refractivity contribution in [3.8, 4) is 0 Å². The molecule has 1 spiro atoms. The Morgan fingerprint density at radius 2 is 1.82 bits per heavy atom. The SMILES string of the molecule is CCN1C[C@]2(CO)CC[C@H](OC)[C@]34[C@@H]5C[C@H]6[C@H](OC)[C@@H]5[C@](O)(C[C@@H]6OC)C(O)(O[C@@H]13)[C@@H](OC)[C@H]24. The lowest BCUT2D eigenvalue weighted by molar-refractivity contribution is -0.457. The van der Waals surface area contributed by atoms with Crippen molar-refractivity contribution in [2.75, 3.05) is 48.1 Å². The van der Waals surface area contributed by atoms with Gasteiger partial charge in [0.1, 0.15) is 17.9 Å². The molecule has 0 aromatic carbocycles. The van der Waals surface area contributed by atoms with Crippen LogP contribution in [0, 0.1) is 34.5 Å². The molecule has 1 unspecified atom stereocenters. The van der Waals surface area contributed by atoms with Crippen LogP contribution in [0.3, 0.4) is 0 Å². The molecule has 0 radical (unpaired) electrons. The van der Waals surface area contributed by atoms with Crippen molar-refractivity contribution in [1.29, 1.82) is 0 Å². The van der Waals surface area contributed by atoms with Crippen molar-refractivity contribution in [2.24, 2.45) is 34.5 Å². The number of rotatable bonds is 6. The van der Waals surface area contributed by atoms with Crippen LogP contribution in [0.1, 0.15) is 32.6 Å². The van der Waals surface area contributed by atoms with Crippen molar-refractivity contribution in [3.05, 3.63) is 0 Å². The van der Waals surface area contributed by atoms with Gasteiger partial charge in [0.15, 0.2) is 0 Å². The highest BCUT2D eigenvalue weighted by atomic mass is 16.7. The number of aliphatic hydroxyl groups excluding tert-OH is 1. The average molecular weight is 484 g/mol. The summed E-state index contributed by atoms with van der Waals surface area (Å²) in [4.78, 5) is 2.25. The van der Waals surface area contributed by atoms with Crippen LogP contribution in [-0.2, 0) is 23.7 Å². The van der Waals surface area contributed by atoms with Crippen LogP contribution in [0.2, 0.25) is 0 Å². The minimum Gasteiger partial charge on any atom is -0.396 e. The molecule has 4 aliphatic carbocycles. The first kappa shape index (κ1) is 24.0. The van der Waals surface area contributed by atoms with Crippen molar-refractivity contribution >= 4 is 0 Å². The zero-order valence-corrected chi connectivity index (χ0v) is 21.0. The lowest BCUT2D eigenvalue weighted by Gasteiger charge is -2.72. The van der Waals surface area contributed by atoms with Gasteiger partial charge in [0.05, 0.1) is 24.9 Å². The van der Waals surface area contributed by atoms with E-state index in [9.17, 15) is 15.3 Å². The molecule has 194 valence electrons. The van der Waals surface area contributed by atoms with Crippen LogP contribution in [0.5, 0.6) is 0 Å². The Labute approximate surface area is 201 Å². The van der Waals surface area contributed by atoms with Gasteiger partial charge < -0.3 is 39.0 Å². The average Bonchev–Trinajstić information content (AvgIpc) is 3.12. The Morgan fingerprint density at radius 1 is 1.06 bits per heavy atom. The minimum absolute atomic E-state index is 0.0113. The maximum Gasteiger partial charge on any atom is 0.224 e. The Bertz CT molecular complexity index is 831. The van der Waals surface area contributed by atoms with Gasteiger partial charge in [-0.25, -0.2) is 0 Å². The summed E-state index contributed by atoms with van der Waals surface area (Å²) < 4.78 is 31.1. The Kier molecular flexibility index (Phi) is 5.35. The molecule has 0 aromatic heterocycles. The second-order valence-corrected chi connectivity index (χ2v) is 11.8. The molecule has 0 aromatic rings. The van der Waals surface area contributed by atoms with E-state index in [0.717, 1.165) is 19.3 Å². The van der Waals surface area contributed by atoms with E-state index in [2.05, 4.69) is 11.8 Å². The number of piperidine rings is 1. The molecular formula is C25H41NO8. The number of likely N-dealkylation sites (tertiary alicyclic amines) is 1. The maximum absolute atomic E-state index is 12.6. The summed E-state index contributed by atoms with van der Waals surface area (Å²) in [5, 5.41) is 36.1. The van der Waals surface area contributed by atoms with Gasteiger partial charge >= 0.3 is 0 Å². The number of nitrogens with zero attached hydrogens (tertiary/aromatic N) is 1. The first-order valence-electron chi connectivity index (χ1n) is 12.9. The number of fused-ring (bicyclic) bond motifs is 1. The molecule has 3 aliphatic heterocycles. The van der Waals surface area contributed by atoms with Crippen LogP contribution < -0.4 is 0 Å². The van der Waals surface area contributed by atoms with Crippen molar-refractivity contribution in [1.82, 2.24) is 4.90 Å². The summed E-state index contributed by atoms with van der Waals surface area (Å²) in [6, 6.07) is 0. The van der Waals surface area contributed by atoms with E-state index < -0.39 is 34.6 Å².